The van der Waals surface area contributed by atoms with Gasteiger partial charge in [0.25, 0.3) is 5.91 Å². The minimum absolute atomic E-state index is 0.225. The van der Waals surface area contributed by atoms with Crippen molar-refractivity contribution in [3.05, 3.63) is 21.3 Å². The molecule has 0 radical (unpaired) electrons. The second-order valence-electron chi connectivity index (χ2n) is 2.08. The van der Waals surface area contributed by atoms with Gasteiger partial charge in [-0.3, -0.25) is 9.63 Å². The molecule has 66 valence electrons. The minimum Gasteiger partial charge on any atom is -0.274 e. The second-order valence-corrected chi connectivity index (χ2v) is 3.41. The van der Waals surface area contributed by atoms with E-state index in [0.717, 1.165) is 5.06 Å². The molecule has 1 rings (SSSR count). The Kier molecular flexibility index (Phi) is 3.08. The van der Waals surface area contributed by atoms with Crippen molar-refractivity contribution in [2.24, 2.45) is 0 Å². The van der Waals surface area contributed by atoms with E-state index in [1.54, 1.807) is 18.5 Å². The molecule has 1 aromatic heterocycles. The molecular weight excluding hydrogens is 198 g/mol. The molecular formula is C7H8ClNO2S. The summed E-state index contributed by atoms with van der Waals surface area (Å²) in [7, 11) is 2.97. The van der Waals surface area contributed by atoms with Crippen molar-refractivity contribution in [1.29, 1.82) is 0 Å². The van der Waals surface area contributed by atoms with Gasteiger partial charge in [-0.05, 0) is 11.4 Å². The van der Waals surface area contributed by atoms with E-state index in [9.17, 15) is 4.79 Å². The Morgan fingerprint density at radius 2 is 2.42 bits per heavy atom. The first-order valence-electron chi connectivity index (χ1n) is 3.22. The molecule has 0 saturated heterocycles. The van der Waals surface area contributed by atoms with Crippen LogP contribution in [0.25, 0.3) is 0 Å². The van der Waals surface area contributed by atoms with Gasteiger partial charge in [-0.25, -0.2) is 5.06 Å². The molecule has 0 unspecified atom stereocenters. The van der Waals surface area contributed by atoms with E-state index in [1.165, 1.54) is 18.4 Å². The Labute approximate surface area is 79.5 Å². The average molecular weight is 206 g/mol. The molecule has 1 amide bonds. The fourth-order valence-electron chi connectivity index (χ4n) is 0.672. The average Bonchev–Trinajstić information content (AvgIpc) is 2.48. The van der Waals surface area contributed by atoms with Crippen LogP contribution >= 0.6 is 22.9 Å². The van der Waals surface area contributed by atoms with E-state index in [1.807, 2.05) is 0 Å². The van der Waals surface area contributed by atoms with Gasteiger partial charge in [0, 0.05) is 7.05 Å². The highest BCUT2D eigenvalue weighted by Gasteiger charge is 2.15. The molecule has 0 atom stereocenters. The lowest BCUT2D eigenvalue weighted by atomic mass is 10.4. The summed E-state index contributed by atoms with van der Waals surface area (Å²) in [4.78, 5) is 16.6. The van der Waals surface area contributed by atoms with Crippen molar-refractivity contribution < 1.29 is 9.63 Å². The lowest BCUT2D eigenvalue weighted by Crippen LogP contribution is -2.24. The van der Waals surface area contributed by atoms with E-state index in [0.29, 0.717) is 9.90 Å². The summed E-state index contributed by atoms with van der Waals surface area (Å²) in [6.07, 6.45) is 0. The number of hydroxylamine groups is 2. The zero-order valence-electron chi connectivity index (χ0n) is 6.70. The largest absolute Gasteiger partial charge is 0.288 e. The van der Waals surface area contributed by atoms with Crippen LogP contribution in [0.15, 0.2) is 11.4 Å². The fraction of sp³-hybridized carbons (Fsp3) is 0.286. The number of carbonyl (C=O) groups is 1. The van der Waals surface area contributed by atoms with E-state index >= 15 is 0 Å². The van der Waals surface area contributed by atoms with Crippen LogP contribution in [-0.4, -0.2) is 25.1 Å². The lowest BCUT2D eigenvalue weighted by Gasteiger charge is -2.11. The summed E-state index contributed by atoms with van der Waals surface area (Å²) in [5.74, 6) is -0.225. The van der Waals surface area contributed by atoms with Crippen molar-refractivity contribution in [2.45, 2.75) is 0 Å². The number of rotatable bonds is 2. The normalized spacial score (nSPS) is 9.92. The van der Waals surface area contributed by atoms with Crippen LogP contribution in [-0.2, 0) is 4.84 Å². The zero-order chi connectivity index (χ0) is 9.14. The number of hydrogen-bond acceptors (Lipinski definition) is 3. The predicted octanol–water partition coefficient (Wildman–Crippen LogP) is 2.03. The summed E-state index contributed by atoms with van der Waals surface area (Å²) < 4.78 is 0. The molecule has 0 bridgehead atoms. The van der Waals surface area contributed by atoms with Gasteiger partial charge in [0.15, 0.2) is 0 Å². The highest BCUT2D eigenvalue weighted by atomic mass is 35.5. The highest BCUT2D eigenvalue weighted by Crippen LogP contribution is 2.22. The molecule has 0 aliphatic rings. The van der Waals surface area contributed by atoms with Gasteiger partial charge < -0.3 is 0 Å². The molecule has 0 spiro atoms. The smallest absolute Gasteiger partial charge is 0.274 e. The van der Waals surface area contributed by atoms with Gasteiger partial charge in [-0.15, -0.1) is 11.3 Å². The molecule has 3 nitrogen and oxygen atoms in total. The third-order valence-electron chi connectivity index (χ3n) is 1.37. The molecule has 0 saturated carbocycles. The Balaban J connectivity index is 2.85. The molecule has 12 heavy (non-hydrogen) atoms. The van der Waals surface area contributed by atoms with Gasteiger partial charge >= 0.3 is 0 Å². The molecule has 1 aromatic rings. The summed E-state index contributed by atoms with van der Waals surface area (Å²) in [5, 5.41) is 3.37. The standard InChI is InChI=1S/C7H8ClNO2S/c1-9(11-2)7(10)6-5(8)3-4-12-6/h3-4H,1-2H3. The summed E-state index contributed by atoms with van der Waals surface area (Å²) in [5.41, 5.74) is 0. The van der Waals surface area contributed by atoms with Crippen molar-refractivity contribution >= 4 is 28.8 Å². The van der Waals surface area contributed by atoms with Crippen molar-refractivity contribution in [3.63, 3.8) is 0 Å². The maximum absolute atomic E-state index is 11.4. The first kappa shape index (κ1) is 9.51. The third-order valence-corrected chi connectivity index (χ3v) is 2.70. The second kappa shape index (κ2) is 3.89. The molecule has 0 aromatic carbocycles. The SMILES string of the molecule is CON(C)C(=O)c1sccc1Cl. The lowest BCUT2D eigenvalue weighted by molar-refractivity contribution is -0.0753. The molecule has 0 aliphatic heterocycles. The van der Waals surface area contributed by atoms with Gasteiger partial charge in [-0.2, -0.15) is 0 Å². The zero-order valence-corrected chi connectivity index (χ0v) is 8.28. The summed E-state index contributed by atoms with van der Waals surface area (Å²) in [6, 6.07) is 1.68. The fourth-order valence-corrected chi connectivity index (χ4v) is 1.77. The maximum atomic E-state index is 11.4. The van der Waals surface area contributed by atoms with Crippen LogP contribution in [0.1, 0.15) is 9.67 Å². The first-order valence-corrected chi connectivity index (χ1v) is 4.47. The van der Waals surface area contributed by atoms with Crippen LogP contribution in [0.2, 0.25) is 5.02 Å². The number of hydrogen-bond donors (Lipinski definition) is 0. The number of amides is 1. The van der Waals surface area contributed by atoms with Gasteiger partial charge in [-0.1, -0.05) is 11.6 Å². The van der Waals surface area contributed by atoms with Gasteiger partial charge in [0.05, 0.1) is 12.1 Å². The van der Waals surface area contributed by atoms with Crippen LogP contribution < -0.4 is 0 Å². The van der Waals surface area contributed by atoms with Crippen molar-refractivity contribution in [3.8, 4) is 0 Å². The Morgan fingerprint density at radius 3 is 2.83 bits per heavy atom. The highest BCUT2D eigenvalue weighted by molar-refractivity contribution is 7.12. The summed E-state index contributed by atoms with van der Waals surface area (Å²) in [6.45, 7) is 0. The third kappa shape index (κ3) is 1.77. The maximum Gasteiger partial charge on any atom is 0.288 e. The Bertz CT molecular complexity index is 287. The molecule has 0 N–H and O–H groups in total. The van der Waals surface area contributed by atoms with Crippen LogP contribution in [0.3, 0.4) is 0 Å². The minimum atomic E-state index is -0.225. The molecule has 5 heteroatoms. The van der Waals surface area contributed by atoms with E-state index in [2.05, 4.69) is 0 Å². The van der Waals surface area contributed by atoms with E-state index in [4.69, 9.17) is 16.4 Å². The number of halogens is 1. The molecule has 1 heterocycles. The van der Waals surface area contributed by atoms with Crippen molar-refractivity contribution in [2.75, 3.05) is 14.2 Å². The quantitative estimate of drug-likeness (QED) is 0.692. The predicted molar refractivity (Wildman–Crippen MR) is 48.4 cm³/mol. The number of nitrogens with zero attached hydrogens (tertiary/aromatic N) is 1. The monoisotopic (exact) mass is 205 g/mol. The Morgan fingerprint density at radius 1 is 1.75 bits per heavy atom. The van der Waals surface area contributed by atoms with Gasteiger partial charge in [0.2, 0.25) is 0 Å². The number of carbonyl (C=O) groups excluding carboxylic acids is 1. The van der Waals surface area contributed by atoms with E-state index < -0.39 is 0 Å². The Hall–Kier alpha value is -0.580. The topological polar surface area (TPSA) is 29.5 Å². The van der Waals surface area contributed by atoms with Gasteiger partial charge in [0.1, 0.15) is 4.88 Å². The van der Waals surface area contributed by atoms with Crippen LogP contribution in [0.4, 0.5) is 0 Å². The van der Waals surface area contributed by atoms with E-state index in [-0.39, 0.29) is 5.91 Å². The molecule has 0 fully saturated rings. The molecule has 0 aliphatic carbocycles. The first-order chi connectivity index (χ1) is 5.66. The number of thiophene rings is 1. The van der Waals surface area contributed by atoms with Crippen LogP contribution in [0, 0.1) is 0 Å². The van der Waals surface area contributed by atoms with Crippen molar-refractivity contribution in [1.82, 2.24) is 5.06 Å². The summed E-state index contributed by atoms with van der Waals surface area (Å²) >= 11 is 7.04. The van der Waals surface area contributed by atoms with Crippen LogP contribution in [0.5, 0.6) is 0 Å².